The predicted molar refractivity (Wildman–Crippen MR) is 163 cm³/mol. The molecule has 5 heterocycles. The summed E-state index contributed by atoms with van der Waals surface area (Å²) in [4.78, 5) is 25.1. The predicted octanol–water partition coefficient (Wildman–Crippen LogP) is 10.1. The third kappa shape index (κ3) is 4.72. The minimum atomic E-state index is 0.618. The molecule has 0 aliphatic heterocycles. The molecule has 2 atom stereocenters. The molecule has 0 fully saturated rings. The molecule has 0 radical (unpaired) electrons. The Morgan fingerprint density at radius 3 is 1.46 bits per heavy atom. The van der Waals surface area contributed by atoms with E-state index in [1.807, 2.05) is 11.3 Å². The van der Waals surface area contributed by atoms with Crippen LogP contribution in [0.4, 0.5) is 0 Å². The molecule has 4 nitrogen and oxygen atoms in total. The number of thiophene rings is 3. The van der Waals surface area contributed by atoms with E-state index in [2.05, 4.69) is 49.0 Å². The average molecular weight is 555 g/mol. The van der Waals surface area contributed by atoms with Crippen LogP contribution in [0.1, 0.15) is 98.4 Å². The normalized spacial score (nSPS) is 13.9. The van der Waals surface area contributed by atoms with Crippen molar-refractivity contribution in [3.63, 3.8) is 0 Å². The Bertz CT molecular complexity index is 1430. The highest BCUT2D eigenvalue weighted by Crippen LogP contribution is 2.49. The van der Waals surface area contributed by atoms with Gasteiger partial charge in [0.1, 0.15) is 0 Å². The SMILES string of the molecule is CCCCC(CC)Cn1c2cc(C=O)sc2c2sc3c4sc(C=O)cc4n(CC(CC)CCCC)c3c21. The fourth-order valence-electron chi connectivity index (χ4n) is 5.84. The maximum atomic E-state index is 11.7. The lowest BCUT2D eigenvalue weighted by molar-refractivity contribution is 0.111. The first-order valence-electron chi connectivity index (χ1n) is 14.0. The van der Waals surface area contributed by atoms with Gasteiger partial charge in [-0.3, -0.25) is 9.59 Å². The molecule has 0 saturated carbocycles. The van der Waals surface area contributed by atoms with E-state index >= 15 is 0 Å². The van der Waals surface area contributed by atoms with Gasteiger partial charge < -0.3 is 9.13 Å². The fourth-order valence-corrected chi connectivity index (χ4v) is 9.38. The van der Waals surface area contributed by atoms with Crippen molar-refractivity contribution in [1.82, 2.24) is 9.13 Å². The van der Waals surface area contributed by atoms with Gasteiger partial charge in [0.05, 0.1) is 50.6 Å². The van der Waals surface area contributed by atoms with Crippen molar-refractivity contribution in [2.75, 3.05) is 0 Å². The molecule has 0 bridgehead atoms. The van der Waals surface area contributed by atoms with E-state index in [9.17, 15) is 9.59 Å². The third-order valence-electron chi connectivity index (χ3n) is 8.06. The summed E-state index contributed by atoms with van der Waals surface area (Å²) in [5.41, 5.74) is 5.12. The van der Waals surface area contributed by atoms with Gasteiger partial charge in [0.15, 0.2) is 12.6 Å². The summed E-state index contributed by atoms with van der Waals surface area (Å²) in [6.07, 6.45) is 11.7. The Morgan fingerprint density at radius 2 is 1.11 bits per heavy atom. The summed E-state index contributed by atoms with van der Waals surface area (Å²) in [5, 5.41) is 0. The van der Waals surface area contributed by atoms with Crippen LogP contribution < -0.4 is 0 Å². The largest absolute Gasteiger partial charge is 0.337 e. The Labute approximate surface area is 231 Å². The topological polar surface area (TPSA) is 44.0 Å². The van der Waals surface area contributed by atoms with Crippen LogP contribution >= 0.6 is 34.0 Å². The van der Waals surface area contributed by atoms with Crippen molar-refractivity contribution < 1.29 is 9.59 Å². The smallest absolute Gasteiger partial charge is 0.160 e. The summed E-state index contributed by atoms with van der Waals surface area (Å²) in [5.74, 6) is 1.24. The minimum absolute atomic E-state index is 0.618. The second-order valence-electron chi connectivity index (χ2n) is 10.5. The highest BCUT2D eigenvalue weighted by Gasteiger charge is 2.27. The van der Waals surface area contributed by atoms with Crippen LogP contribution in [0.15, 0.2) is 12.1 Å². The lowest BCUT2D eigenvalue weighted by atomic mass is 9.99. The first kappa shape index (κ1) is 26.6. The average Bonchev–Trinajstić information content (AvgIpc) is 3.70. The van der Waals surface area contributed by atoms with Crippen molar-refractivity contribution >= 4 is 87.4 Å². The molecule has 0 spiro atoms. The van der Waals surface area contributed by atoms with E-state index in [-0.39, 0.29) is 0 Å². The second-order valence-corrected chi connectivity index (χ2v) is 13.7. The second kappa shape index (κ2) is 11.4. The highest BCUT2D eigenvalue weighted by atomic mass is 32.1. The van der Waals surface area contributed by atoms with Crippen LogP contribution in [0.25, 0.3) is 40.9 Å². The van der Waals surface area contributed by atoms with Gasteiger partial charge in [0.2, 0.25) is 0 Å². The lowest BCUT2D eigenvalue weighted by Gasteiger charge is -2.19. The lowest BCUT2D eigenvalue weighted by Crippen LogP contribution is -2.12. The Kier molecular flexibility index (Phi) is 8.22. The van der Waals surface area contributed by atoms with Crippen molar-refractivity contribution in [3.05, 3.63) is 21.9 Å². The summed E-state index contributed by atoms with van der Waals surface area (Å²) in [6, 6.07) is 4.21. The number of carbonyl (C=O) groups is 2. The molecule has 5 aromatic heterocycles. The number of aromatic nitrogens is 2. The standard InChI is InChI=1S/C30H38N2O2S3/c1-5-9-11-19(7-3)15-31-23-13-21(17-33)35-27(23)29-25(31)26-30(37-29)28-24(14-22(18-34)36-28)32(26)16-20(8-4)12-10-6-2/h13-14,17-20H,5-12,15-16H2,1-4H3. The zero-order chi connectivity index (χ0) is 26.1. The zero-order valence-corrected chi connectivity index (χ0v) is 24.9. The first-order valence-corrected chi connectivity index (χ1v) is 16.4. The van der Waals surface area contributed by atoms with Gasteiger partial charge in [-0.2, -0.15) is 0 Å². The number of aldehydes is 2. The molecule has 0 amide bonds. The van der Waals surface area contributed by atoms with E-state index in [1.54, 1.807) is 22.7 Å². The van der Waals surface area contributed by atoms with Crippen LogP contribution in [-0.2, 0) is 13.1 Å². The molecule has 2 unspecified atom stereocenters. The van der Waals surface area contributed by atoms with Crippen molar-refractivity contribution in [2.24, 2.45) is 11.8 Å². The summed E-state index contributed by atoms with van der Waals surface area (Å²) in [7, 11) is 0. The maximum Gasteiger partial charge on any atom is 0.160 e. The molecular formula is C30H38N2O2S3. The molecule has 198 valence electrons. The van der Waals surface area contributed by atoms with Gasteiger partial charge in [-0.1, -0.05) is 66.2 Å². The molecule has 37 heavy (non-hydrogen) atoms. The quantitative estimate of drug-likeness (QED) is 0.128. The third-order valence-corrected chi connectivity index (χ3v) is 11.7. The van der Waals surface area contributed by atoms with Gasteiger partial charge >= 0.3 is 0 Å². The number of hydrogen-bond donors (Lipinski definition) is 0. The van der Waals surface area contributed by atoms with Crippen LogP contribution in [0, 0.1) is 11.8 Å². The monoisotopic (exact) mass is 554 g/mol. The summed E-state index contributed by atoms with van der Waals surface area (Å²) < 4.78 is 10.2. The Morgan fingerprint density at radius 1 is 0.676 bits per heavy atom. The summed E-state index contributed by atoms with van der Waals surface area (Å²) in [6.45, 7) is 11.1. The Hall–Kier alpha value is -1.96. The van der Waals surface area contributed by atoms with Crippen molar-refractivity contribution in [1.29, 1.82) is 0 Å². The number of nitrogens with zero attached hydrogens (tertiary/aromatic N) is 2. The Balaban J connectivity index is 1.78. The van der Waals surface area contributed by atoms with E-state index < -0.39 is 0 Å². The van der Waals surface area contributed by atoms with Crippen LogP contribution in [-0.4, -0.2) is 21.7 Å². The molecule has 5 aromatic rings. The fraction of sp³-hybridized carbons (Fsp3) is 0.533. The van der Waals surface area contributed by atoms with Crippen LogP contribution in [0.3, 0.4) is 0 Å². The number of rotatable bonds is 14. The van der Waals surface area contributed by atoms with Gasteiger partial charge in [0.25, 0.3) is 0 Å². The molecule has 5 rings (SSSR count). The van der Waals surface area contributed by atoms with E-state index in [4.69, 9.17) is 0 Å². The molecule has 0 aliphatic rings. The van der Waals surface area contributed by atoms with Crippen LogP contribution in [0.5, 0.6) is 0 Å². The maximum absolute atomic E-state index is 11.7. The van der Waals surface area contributed by atoms with Crippen LogP contribution in [0.2, 0.25) is 0 Å². The van der Waals surface area contributed by atoms with E-state index in [0.29, 0.717) is 11.8 Å². The number of fused-ring (bicyclic) bond motifs is 7. The van der Waals surface area contributed by atoms with Gasteiger partial charge in [-0.05, 0) is 36.8 Å². The number of carbonyl (C=O) groups excluding carboxylic acids is 2. The molecule has 7 heteroatoms. The molecular weight excluding hydrogens is 517 g/mol. The number of unbranched alkanes of at least 4 members (excludes halogenated alkanes) is 2. The van der Waals surface area contributed by atoms with Gasteiger partial charge in [-0.25, -0.2) is 0 Å². The highest BCUT2D eigenvalue weighted by molar-refractivity contribution is 7.34. The zero-order valence-electron chi connectivity index (χ0n) is 22.5. The van der Waals surface area contributed by atoms with Crippen molar-refractivity contribution in [2.45, 2.75) is 92.2 Å². The van der Waals surface area contributed by atoms with E-state index in [1.165, 1.54) is 79.4 Å². The molecule has 0 aromatic carbocycles. The minimum Gasteiger partial charge on any atom is -0.337 e. The van der Waals surface area contributed by atoms with Gasteiger partial charge in [0, 0.05) is 13.1 Å². The molecule has 0 saturated heterocycles. The summed E-state index contributed by atoms with van der Waals surface area (Å²) >= 11 is 5.12. The number of hydrogen-bond acceptors (Lipinski definition) is 5. The van der Waals surface area contributed by atoms with E-state index in [0.717, 1.165) is 48.3 Å². The van der Waals surface area contributed by atoms with Crippen molar-refractivity contribution in [3.8, 4) is 0 Å². The van der Waals surface area contributed by atoms with Gasteiger partial charge in [-0.15, -0.1) is 34.0 Å². The first-order chi connectivity index (χ1) is 18.1. The molecule has 0 N–H and O–H groups in total. The molecule has 0 aliphatic carbocycles.